The predicted molar refractivity (Wildman–Crippen MR) is 51.4 cm³/mol. The van der Waals surface area contributed by atoms with Crippen molar-refractivity contribution in [3.05, 3.63) is 0 Å². The van der Waals surface area contributed by atoms with Crippen molar-refractivity contribution in [1.82, 2.24) is 4.90 Å². The highest BCUT2D eigenvalue weighted by atomic mass is 16.3. The fourth-order valence-electron chi connectivity index (χ4n) is 4.01. The number of aliphatic hydroxyl groups is 1. The van der Waals surface area contributed by atoms with E-state index in [0.717, 1.165) is 18.0 Å². The molecule has 1 unspecified atom stereocenters. The number of hydrogen-bond donors (Lipinski definition) is 1. The summed E-state index contributed by atoms with van der Waals surface area (Å²) < 4.78 is 0. The molecule has 13 heavy (non-hydrogen) atoms. The van der Waals surface area contributed by atoms with Gasteiger partial charge < -0.3 is 5.11 Å². The van der Waals surface area contributed by atoms with Gasteiger partial charge in [0, 0.05) is 18.7 Å². The van der Waals surface area contributed by atoms with Crippen LogP contribution in [0.15, 0.2) is 0 Å². The Balaban J connectivity index is 1.87. The van der Waals surface area contributed by atoms with Crippen LogP contribution in [0, 0.1) is 11.8 Å². The van der Waals surface area contributed by atoms with Crippen LogP contribution in [-0.2, 0) is 0 Å². The largest absolute Gasteiger partial charge is 0.396 e. The Morgan fingerprint density at radius 1 is 1.23 bits per heavy atom. The molecular formula is C11H19NO. The number of rotatable bonds is 1. The summed E-state index contributed by atoms with van der Waals surface area (Å²) in [5.74, 6) is 1.53. The molecule has 0 amide bonds. The van der Waals surface area contributed by atoms with E-state index in [4.69, 9.17) is 0 Å². The van der Waals surface area contributed by atoms with Gasteiger partial charge in [0.2, 0.25) is 0 Å². The van der Waals surface area contributed by atoms with Gasteiger partial charge in [0.25, 0.3) is 0 Å². The SMILES string of the molecule is OC[C@@H]1CC[C@@H]2C[C@@H]3CCCN2[C@H]13. The summed E-state index contributed by atoms with van der Waals surface area (Å²) in [5, 5.41) is 9.34. The van der Waals surface area contributed by atoms with Gasteiger partial charge in [-0.3, -0.25) is 4.90 Å². The predicted octanol–water partition coefficient (Wildman–Crippen LogP) is 1.24. The first-order valence-corrected chi connectivity index (χ1v) is 5.77. The molecule has 3 aliphatic rings. The highest BCUT2D eigenvalue weighted by Gasteiger charge is 2.49. The van der Waals surface area contributed by atoms with E-state index in [-0.39, 0.29) is 0 Å². The van der Waals surface area contributed by atoms with Crippen molar-refractivity contribution in [2.24, 2.45) is 11.8 Å². The van der Waals surface area contributed by atoms with E-state index in [9.17, 15) is 5.11 Å². The second kappa shape index (κ2) is 2.96. The van der Waals surface area contributed by atoms with Gasteiger partial charge in [0.05, 0.1) is 0 Å². The van der Waals surface area contributed by atoms with Crippen LogP contribution in [0.5, 0.6) is 0 Å². The van der Waals surface area contributed by atoms with E-state index in [1.165, 1.54) is 38.6 Å². The van der Waals surface area contributed by atoms with Crippen LogP contribution >= 0.6 is 0 Å². The summed E-state index contributed by atoms with van der Waals surface area (Å²) in [5.41, 5.74) is 0. The average molecular weight is 181 g/mol. The molecule has 0 aromatic carbocycles. The van der Waals surface area contributed by atoms with E-state index >= 15 is 0 Å². The van der Waals surface area contributed by atoms with Crippen LogP contribution in [0.1, 0.15) is 32.1 Å². The van der Waals surface area contributed by atoms with Gasteiger partial charge in [-0.05, 0) is 50.5 Å². The summed E-state index contributed by atoms with van der Waals surface area (Å²) in [4.78, 5) is 2.71. The molecule has 2 nitrogen and oxygen atoms in total. The Bertz CT molecular complexity index is 204. The first-order valence-electron chi connectivity index (χ1n) is 5.77. The zero-order valence-electron chi connectivity index (χ0n) is 8.15. The minimum absolute atomic E-state index is 0.421. The molecule has 0 aromatic heterocycles. The lowest BCUT2D eigenvalue weighted by Gasteiger charge is -2.43. The van der Waals surface area contributed by atoms with Crippen molar-refractivity contribution >= 4 is 0 Å². The molecule has 74 valence electrons. The monoisotopic (exact) mass is 181 g/mol. The first kappa shape index (κ1) is 8.25. The minimum Gasteiger partial charge on any atom is -0.396 e. The molecule has 4 bridgehead atoms. The van der Waals surface area contributed by atoms with Crippen LogP contribution in [-0.4, -0.2) is 35.2 Å². The van der Waals surface area contributed by atoms with Gasteiger partial charge in [-0.2, -0.15) is 0 Å². The van der Waals surface area contributed by atoms with Crippen molar-refractivity contribution < 1.29 is 5.11 Å². The fraction of sp³-hybridized carbons (Fsp3) is 1.00. The zero-order chi connectivity index (χ0) is 8.84. The number of aliphatic hydroxyl groups excluding tert-OH is 1. The van der Waals surface area contributed by atoms with E-state index < -0.39 is 0 Å². The summed E-state index contributed by atoms with van der Waals surface area (Å²) in [6.07, 6.45) is 6.88. The van der Waals surface area contributed by atoms with Crippen LogP contribution in [0.4, 0.5) is 0 Å². The highest BCUT2D eigenvalue weighted by molar-refractivity contribution is 5.03. The Kier molecular flexibility index (Phi) is 1.88. The third-order valence-electron chi connectivity index (χ3n) is 4.49. The molecular weight excluding hydrogens is 162 g/mol. The summed E-state index contributed by atoms with van der Waals surface area (Å²) in [7, 11) is 0. The molecule has 3 aliphatic heterocycles. The number of hydrogen-bond acceptors (Lipinski definition) is 2. The Morgan fingerprint density at radius 3 is 3.00 bits per heavy atom. The molecule has 3 fully saturated rings. The molecule has 3 saturated heterocycles. The Labute approximate surface area is 79.9 Å². The van der Waals surface area contributed by atoms with E-state index in [2.05, 4.69) is 4.90 Å². The quantitative estimate of drug-likeness (QED) is 0.658. The standard InChI is InChI=1S/C11H19NO/c13-7-9-3-4-10-6-8-2-1-5-12(10)11(8)9/h8-11,13H,1-7H2/t8-,9-,10+,11-/m0/s1. The molecule has 0 aromatic rings. The maximum Gasteiger partial charge on any atom is 0.0474 e. The zero-order valence-corrected chi connectivity index (χ0v) is 8.15. The molecule has 3 rings (SSSR count). The molecule has 0 saturated carbocycles. The van der Waals surface area contributed by atoms with Gasteiger partial charge in [-0.1, -0.05) is 0 Å². The van der Waals surface area contributed by atoms with Gasteiger partial charge in [-0.15, -0.1) is 0 Å². The normalized spacial score (nSPS) is 53.8. The van der Waals surface area contributed by atoms with E-state index in [0.29, 0.717) is 12.5 Å². The molecule has 1 N–H and O–H groups in total. The smallest absolute Gasteiger partial charge is 0.0474 e. The Morgan fingerprint density at radius 2 is 2.15 bits per heavy atom. The van der Waals surface area contributed by atoms with Crippen LogP contribution in [0.2, 0.25) is 0 Å². The lowest BCUT2D eigenvalue weighted by Crippen LogP contribution is -2.49. The van der Waals surface area contributed by atoms with Crippen molar-refractivity contribution in [3.63, 3.8) is 0 Å². The highest BCUT2D eigenvalue weighted by Crippen LogP contribution is 2.47. The first-order chi connectivity index (χ1) is 6.40. The van der Waals surface area contributed by atoms with E-state index in [1.807, 2.05) is 0 Å². The third-order valence-corrected chi connectivity index (χ3v) is 4.49. The summed E-state index contributed by atoms with van der Waals surface area (Å²) in [6, 6.07) is 1.65. The molecule has 0 spiro atoms. The fourth-order valence-corrected chi connectivity index (χ4v) is 4.01. The molecule has 5 atom stereocenters. The molecule has 0 radical (unpaired) electrons. The average Bonchev–Trinajstić information content (AvgIpc) is 2.39. The molecule has 2 heteroatoms. The maximum atomic E-state index is 9.34. The molecule has 3 heterocycles. The van der Waals surface area contributed by atoms with Gasteiger partial charge >= 0.3 is 0 Å². The second-order valence-electron chi connectivity index (χ2n) is 5.04. The maximum absolute atomic E-state index is 9.34. The topological polar surface area (TPSA) is 23.5 Å². The second-order valence-corrected chi connectivity index (χ2v) is 5.04. The van der Waals surface area contributed by atoms with Crippen molar-refractivity contribution in [2.45, 2.75) is 44.2 Å². The van der Waals surface area contributed by atoms with Crippen molar-refractivity contribution in [3.8, 4) is 0 Å². The van der Waals surface area contributed by atoms with Gasteiger partial charge in [0.1, 0.15) is 0 Å². The van der Waals surface area contributed by atoms with Gasteiger partial charge in [-0.25, -0.2) is 0 Å². The van der Waals surface area contributed by atoms with E-state index in [1.54, 1.807) is 0 Å². The van der Waals surface area contributed by atoms with Gasteiger partial charge in [0.15, 0.2) is 0 Å². The summed E-state index contributed by atoms with van der Waals surface area (Å²) in [6.45, 7) is 1.73. The van der Waals surface area contributed by atoms with Crippen LogP contribution in [0.3, 0.4) is 0 Å². The van der Waals surface area contributed by atoms with Crippen LogP contribution < -0.4 is 0 Å². The lowest BCUT2D eigenvalue weighted by atomic mass is 9.82. The minimum atomic E-state index is 0.421. The van der Waals surface area contributed by atoms with Crippen molar-refractivity contribution in [2.75, 3.05) is 13.2 Å². The summed E-state index contributed by atoms with van der Waals surface area (Å²) >= 11 is 0. The third kappa shape index (κ3) is 1.08. The number of piperidine rings is 2. The molecule has 0 aliphatic carbocycles. The van der Waals surface area contributed by atoms with Crippen LogP contribution in [0.25, 0.3) is 0 Å². The lowest BCUT2D eigenvalue weighted by molar-refractivity contribution is 0.0258. The van der Waals surface area contributed by atoms with Crippen molar-refractivity contribution in [1.29, 1.82) is 0 Å². The Hall–Kier alpha value is -0.0800. The number of nitrogens with zero attached hydrogens (tertiary/aromatic N) is 1.